The van der Waals surface area contributed by atoms with Crippen molar-refractivity contribution >= 4 is 11.8 Å². The molecule has 0 bridgehead atoms. The van der Waals surface area contributed by atoms with Gasteiger partial charge in [0.1, 0.15) is 11.4 Å². The molecule has 0 spiro atoms. The molecule has 0 radical (unpaired) electrons. The van der Waals surface area contributed by atoms with Crippen LogP contribution in [0.15, 0.2) is 30.5 Å². The number of aromatic nitrogens is 1. The Morgan fingerprint density at radius 2 is 2.04 bits per heavy atom. The van der Waals surface area contributed by atoms with Crippen LogP contribution in [0.25, 0.3) is 11.1 Å². The molecule has 0 saturated carbocycles. The molecule has 2 N–H and O–H groups in total. The molecular formula is C21H25N3O3. The zero-order valence-electron chi connectivity index (χ0n) is 15.6. The van der Waals surface area contributed by atoms with Crippen molar-refractivity contribution in [3.8, 4) is 11.1 Å². The van der Waals surface area contributed by atoms with E-state index in [4.69, 9.17) is 15.2 Å². The maximum Gasteiger partial charge on any atom is 0.341 e. The van der Waals surface area contributed by atoms with Crippen molar-refractivity contribution in [3.63, 3.8) is 0 Å². The van der Waals surface area contributed by atoms with Crippen molar-refractivity contribution in [2.45, 2.75) is 31.8 Å². The van der Waals surface area contributed by atoms with Crippen LogP contribution in [-0.4, -0.2) is 48.8 Å². The number of hydrogen-bond donors (Lipinski definition) is 1. The highest BCUT2D eigenvalue weighted by Crippen LogP contribution is 2.29. The van der Waals surface area contributed by atoms with Crippen molar-refractivity contribution in [1.82, 2.24) is 9.88 Å². The van der Waals surface area contributed by atoms with Crippen molar-refractivity contribution in [1.29, 1.82) is 0 Å². The van der Waals surface area contributed by atoms with Crippen molar-refractivity contribution in [3.05, 3.63) is 47.2 Å². The molecule has 0 amide bonds. The minimum atomic E-state index is -0.466. The standard InChI is InChI=1S/C21H25N3O3/c1-26-21(25)19-11-17(12-23-20(19)22)14-2-3-16-13-24(7-4-15(16)10-14)18-5-8-27-9-6-18/h2-3,10-12,18H,4-9,13H2,1H3,(H2,22,23). The molecule has 0 aliphatic carbocycles. The fraction of sp³-hybridized carbons (Fsp3) is 0.429. The van der Waals surface area contributed by atoms with Gasteiger partial charge in [-0.2, -0.15) is 0 Å². The minimum Gasteiger partial charge on any atom is -0.465 e. The minimum absolute atomic E-state index is 0.190. The second kappa shape index (κ2) is 7.66. The molecule has 27 heavy (non-hydrogen) atoms. The van der Waals surface area contributed by atoms with E-state index in [1.807, 2.05) is 0 Å². The first-order chi connectivity index (χ1) is 13.2. The third-order valence-corrected chi connectivity index (χ3v) is 5.61. The van der Waals surface area contributed by atoms with Gasteiger partial charge in [-0.05, 0) is 42.0 Å². The van der Waals surface area contributed by atoms with Gasteiger partial charge in [-0.15, -0.1) is 0 Å². The van der Waals surface area contributed by atoms with Crippen LogP contribution in [0.2, 0.25) is 0 Å². The van der Waals surface area contributed by atoms with E-state index in [0.717, 1.165) is 56.7 Å². The molecule has 6 nitrogen and oxygen atoms in total. The summed E-state index contributed by atoms with van der Waals surface area (Å²) in [7, 11) is 1.34. The SMILES string of the molecule is COC(=O)c1cc(-c2ccc3c(c2)CCN(C2CCOCC2)C3)cnc1N. The predicted octanol–water partition coefficient (Wildman–Crippen LogP) is 2.65. The first-order valence-corrected chi connectivity index (χ1v) is 9.43. The number of pyridine rings is 1. The van der Waals surface area contributed by atoms with Gasteiger partial charge in [0.05, 0.1) is 7.11 Å². The number of carbonyl (C=O) groups is 1. The van der Waals surface area contributed by atoms with Gasteiger partial charge in [-0.25, -0.2) is 9.78 Å². The Kier molecular flexibility index (Phi) is 5.09. The molecular weight excluding hydrogens is 342 g/mol. The lowest BCUT2D eigenvalue weighted by Gasteiger charge is -2.37. The van der Waals surface area contributed by atoms with E-state index in [9.17, 15) is 4.79 Å². The number of rotatable bonds is 3. The highest BCUT2D eigenvalue weighted by atomic mass is 16.5. The van der Waals surface area contributed by atoms with Crippen LogP contribution in [0.1, 0.15) is 34.3 Å². The normalized spacial score (nSPS) is 18.1. The fourth-order valence-corrected chi connectivity index (χ4v) is 4.02. The molecule has 1 aromatic heterocycles. The molecule has 2 aliphatic heterocycles. The first-order valence-electron chi connectivity index (χ1n) is 9.43. The van der Waals surface area contributed by atoms with Gasteiger partial charge >= 0.3 is 5.97 Å². The molecule has 4 rings (SSSR count). The summed E-state index contributed by atoms with van der Waals surface area (Å²) in [6.07, 6.45) is 5.00. The largest absolute Gasteiger partial charge is 0.465 e. The number of ether oxygens (including phenoxy) is 2. The summed E-state index contributed by atoms with van der Waals surface area (Å²) in [5.41, 5.74) is 10.8. The van der Waals surface area contributed by atoms with E-state index in [1.54, 1.807) is 12.3 Å². The predicted molar refractivity (Wildman–Crippen MR) is 103 cm³/mol. The summed E-state index contributed by atoms with van der Waals surface area (Å²) in [6, 6.07) is 8.90. The summed E-state index contributed by atoms with van der Waals surface area (Å²) in [6.45, 7) is 3.82. The van der Waals surface area contributed by atoms with Gasteiger partial charge in [0.15, 0.2) is 0 Å². The van der Waals surface area contributed by atoms with E-state index in [1.165, 1.54) is 18.2 Å². The van der Waals surface area contributed by atoms with E-state index < -0.39 is 5.97 Å². The van der Waals surface area contributed by atoms with E-state index in [-0.39, 0.29) is 5.82 Å². The second-order valence-corrected chi connectivity index (χ2v) is 7.20. The molecule has 6 heteroatoms. The van der Waals surface area contributed by atoms with Gasteiger partial charge in [-0.1, -0.05) is 18.2 Å². The summed E-state index contributed by atoms with van der Waals surface area (Å²) >= 11 is 0. The lowest BCUT2D eigenvalue weighted by molar-refractivity contribution is 0.0290. The number of methoxy groups -OCH3 is 1. The molecule has 0 unspecified atom stereocenters. The Hall–Kier alpha value is -2.44. The quantitative estimate of drug-likeness (QED) is 0.841. The zero-order valence-corrected chi connectivity index (χ0v) is 15.6. The average molecular weight is 367 g/mol. The first kappa shape index (κ1) is 17.9. The zero-order chi connectivity index (χ0) is 18.8. The smallest absolute Gasteiger partial charge is 0.341 e. The molecule has 3 heterocycles. The van der Waals surface area contributed by atoms with Gasteiger partial charge in [0.2, 0.25) is 0 Å². The lowest BCUT2D eigenvalue weighted by atomic mass is 9.93. The number of nitrogens with zero attached hydrogens (tertiary/aromatic N) is 2. The van der Waals surface area contributed by atoms with Gasteiger partial charge < -0.3 is 15.2 Å². The highest BCUT2D eigenvalue weighted by Gasteiger charge is 2.25. The number of nitrogens with two attached hydrogens (primary N) is 1. The Labute approximate surface area is 159 Å². The van der Waals surface area contributed by atoms with Crippen LogP contribution in [0.4, 0.5) is 5.82 Å². The summed E-state index contributed by atoms with van der Waals surface area (Å²) < 4.78 is 10.3. The number of nitrogen functional groups attached to an aromatic ring is 1. The van der Waals surface area contributed by atoms with Crippen molar-refractivity contribution in [2.24, 2.45) is 0 Å². The summed E-state index contributed by atoms with van der Waals surface area (Å²) in [4.78, 5) is 18.6. The van der Waals surface area contributed by atoms with E-state index >= 15 is 0 Å². The van der Waals surface area contributed by atoms with Crippen LogP contribution in [0.5, 0.6) is 0 Å². The number of anilines is 1. The van der Waals surface area contributed by atoms with Crippen molar-refractivity contribution in [2.75, 3.05) is 32.6 Å². The van der Waals surface area contributed by atoms with Crippen molar-refractivity contribution < 1.29 is 14.3 Å². The molecule has 1 saturated heterocycles. The Morgan fingerprint density at radius 3 is 2.81 bits per heavy atom. The third-order valence-electron chi connectivity index (χ3n) is 5.61. The molecule has 0 atom stereocenters. The number of fused-ring (bicyclic) bond motifs is 1. The molecule has 142 valence electrons. The Bertz CT molecular complexity index is 847. The molecule has 2 aliphatic rings. The monoisotopic (exact) mass is 367 g/mol. The second-order valence-electron chi connectivity index (χ2n) is 7.20. The fourth-order valence-electron chi connectivity index (χ4n) is 4.02. The average Bonchev–Trinajstić information content (AvgIpc) is 2.73. The van der Waals surface area contributed by atoms with Crippen LogP contribution in [0, 0.1) is 0 Å². The lowest BCUT2D eigenvalue weighted by Crippen LogP contribution is -2.42. The van der Waals surface area contributed by atoms with Gasteiger partial charge in [-0.3, -0.25) is 4.90 Å². The number of hydrogen-bond acceptors (Lipinski definition) is 6. The van der Waals surface area contributed by atoms with Crippen LogP contribution in [0.3, 0.4) is 0 Å². The maximum atomic E-state index is 11.9. The number of benzene rings is 1. The number of esters is 1. The van der Waals surface area contributed by atoms with Crippen LogP contribution >= 0.6 is 0 Å². The Balaban J connectivity index is 1.57. The summed E-state index contributed by atoms with van der Waals surface area (Å²) in [5.74, 6) is -0.275. The van der Waals surface area contributed by atoms with E-state index in [2.05, 4.69) is 28.1 Å². The summed E-state index contributed by atoms with van der Waals surface area (Å²) in [5, 5.41) is 0. The molecule has 2 aromatic rings. The van der Waals surface area contributed by atoms with Gasteiger partial charge in [0.25, 0.3) is 0 Å². The van der Waals surface area contributed by atoms with Gasteiger partial charge in [0, 0.05) is 44.1 Å². The molecule has 1 aromatic carbocycles. The number of carbonyl (C=O) groups excluding carboxylic acids is 1. The molecule has 1 fully saturated rings. The van der Waals surface area contributed by atoms with Crippen LogP contribution in [-0.2, 0) is 22.4 Å². The Morgan fingerprint density at radius 1 is 1.22 bits per heavy atom. The van der Waals surface area contributed by atoms with E-state index in [0.29, 0.717) is 11.6 Å². The van der Waals surface area contributed by atoms with Crippen LogP contribution < -0.4 is 5.73 Å². The topological polar surface area (TPSA) is 77.7 Å². The maximum absolute atomic E-state index is 11.9. The highest BCUT2D eigenvalue weighted by molar-refractivity contribution is 5.95. The third kappa shape index (κ3) is 3.68.